The van der Waals surface area contributed by atoms with E-state index in [1.807, 2.05) is 24.3 Å². The number of nitrogens with one attached hydrogen (secondary N) is 1. The molecule has 2 aliphatic heterocycles. The average Bonchev–Trinajstić information content (AvgIpc) is 3.49. The molecule has 3 aromatic rings. The van der Waals surface area contributed by atoms with Crippen LogP contribution in [-0.2, 0) is 21.2 Å². The number of fused-ring (bicyclic) bond motifs is 2. The molecule has 0 fully saturated rings. The Balaban J connectivity index is 1.42. The van der Waals surface area contributed by atoms with Crippen molar-refractivity contribution in [2.45, 2.75) is 38.1 Å². The van der Waals surface area contributed by atoms with E-state index in [0.29, 0.717) is 47.2 Å². The number of nitrogens with zero attached hydrogens (tertiary/aromatic N) is 3. The fraction of sp³-hybridized carbons (Fsp3) is 0.304. The van der Waals surface area contributed by atoms with Crippen molar-refractivity contribution in [3.63, 3.8) is 0 Å². The fourth-order valence-corrected chi connectivity index (χ4v) is 6.27. The van der Waals surface area contributed by atoms with Crippen LogP contribution < -0.4 is 19.1 Å². The lowest BCUT2D eigenvalue weighted by molar-refractivity contribution is -0.119. The van der Waals surface area contributed by atoms with E-state index in [4.69, 9.17) is 9.47 Å². The summed E-state index contributed by atoms with van der Waals surface area (Å²) in [6.45, 7) is 5.54. The Hall–Kier alpha value is -3.53. The number of para-hydroxylation sites is 1. The number of ether oxygens (including phenoxy) is 2. The third-order valence-corrected chi connectivity index (χ3v) is 8.10. The number of carbonyl (C=O) groups excluding carboxylic acids is 1. The van der Waals surface area contributed by atoms with Crippen molar-refractivity contribution in [3.05, 3.63) is 59.4 Å². The van der Waals surface area contributed by atoms with Crippen molar-refractivity contribution in [1.29, 1.82) is 0 Å². The molecule has 1 unspecified atom stereocenters. The van der Waals surface area contributed by atoms with Crippen LogP contribution in [0, 0.1) is 13.8 Å². The quantitative estimate of drug-likeness (QED) is 0.617. The van der Waals surface area contributed by atoms with Gasteiger partial charge in [0.05, 0.1) is 17.1 Å². The Morgan fingerprint density at radius 3 is 2.70 bits per heavy atom. The summed E-state index contributed by atoms with van der Waals surface area (Å²) in [5, 5.41) is 7.27. The molecule has 2 aromatic carbocycles. The molecule has 1 atom stereocenters. The summed E-state index contributed by atoms with van der Waals surface area (Å²) in [5.74, 6) is 0.860. The first-order valence-electron chi connectivity index (χ1n) is 10.6. The maximum atomic E-state index is 13.6. The number of rotatable bonds is 5. The molecule has 0 spiro atoms. The zero-order valence-corrected chi connectivity index (χ0v) is 19.3. The van der Waals surface area contributed by atoms with Crippen LogP contribution in [0.1, 0.15) is 29.9 Å². The third kappa shape index (κ3) is 3.50. The lowest BCUT2D eigenvalue weighted by atomic mass is 10.2. The topological polar surface area (TPSA) is 103 Å². The molecule has 5 rings (SSSR count). The molecule has 1 aromatic heterocycles. The van der Waals surface area contributed by atoms with Crippen LogP contribution in [0.2, 0.25) is 0 Å². The third-order valence-electron chi connectivity index (χ3n) is 6.04. The van der Waals surface area contributed by atoms with Gasteiger partial charge < -0.3 is 14.8 Å². The molecule has 172 valence electrons. The molecule has 0 saturated carbocycles. The second-order valence-corrected chi connectivity index (χ2v) is 9.93. The molecule has 0 radical (unpaired) electrons. The number of aryl methyl sites for hydroxylation is 1. The van der Waals surface area contributed by atoms with Gasteiger partial charge in [0.25, 0.3) is 10.0 Å². The minimum Gasteiger partial charge on any atom is -0.454 e. The van der Waals surface area contributed by atoms with E-state index in [0.717, 1.165) is 5.56 Å². The first kappa shape index (κ1) is 21.3. The Labute approximate surface area is 192 Å². The van der Waals surface area contributed by atoms with Gasteiger partial charge in [-0.2, -0.15) is 5.10 Å². The summed E-state index contributed by atoms with van der Waals surface area (Å²) in [6.07, 6.45) is 0.663. The number of hydrogen-bond acceptors (Lipinski definition) is 6. The van der Waals surface area contributed by atoms with Crippen LogP contribution in [-0.4, -0.2) is 37.4 Å². The molecule has 2 aliphatic rings. The summed E-state index contributed by atoms with van der Waals surface area (Å²) in [6, 6.07) is 11.9. The standard InChI is InChI=1S/C23H24N4O5S/c1-14-22(33(29,30)26-11-10-17-6-4-5-7-19(17)26)15(2)27(25-14)16(3)23(28)24-18-8-9-20-21(12-18)32-13-31-20/h4-9,12,16H,10-11,13H2,1-3H3,(H,24,28). The molecule has 0 bridgehead atoms. The molecule has 33 heavy (non-hydrogen) atoms. The second kappa shape index (κ2) is 7.80. The van der Waals surface area contributed by atoms with Gasteiger partial charge in [0, 0.05) is 18.3 Å². The van der Waals surface area contributed by atoms with Crippen LogP contribution in [0.4, 0.5) is 11.4 Å². The lowest BCUT2D eigenvalue weighted by Gasteiger charge is -2.20. The Morgan fingerprint density at radius 2 is 1.88 bits per heavy atom. The summed E-state index contributed by atoms with van der Waals surface area (Å²) < 4.78 is 40.7. The van der Waals surface area contributed by atoms with Gasteiger partial charge in [0.15, 0.2) is 11.5 Å². The van der Waals surface area contributed by atoms with Gasteiger partial charge in [-0.3, -0.25) is 13.8 Å². The Kier molecular flexibility index (Phi) is 5.04. The van der Waals surface area contributed by atoms with Gasteiger partial charge in [0.1, 0.15) is 10.9 Å². The van der Waals surface area contributed by atoms with Crippen molar-refractivity contribution < 1.29 is 22.7 Å². The van der Waals surface area contributed by atoms with Crippen molar-refractivity contribution in [2.75, 3.05) is 23.0 Å². The van der Waals surface area contributed by atoms with Crippen molar-refractivity contribution in [2.24, 2.45) is 0 Å². The second-order valence-electron chi connectivity index (χ2n) is 8.13. The zero-order chi connectivity index (χ0) is 23.3. The number of carbonyl (C=O) groups is 1. The predicted octanol–water partition coefficient (Wildman–Crippen LogP) is 3.18. The van der Waals surface area contributed by atoms with Gasteiger partial charge in [-0.15, -0.1) is 0 Å². The van der Waals surface area contributed by atoms with Gasteiger partial charge >= 0.3 is 0 Å². The molecule has 9 nitrogen and oxygen atoms in total. The maximum absolute atomic E-state index is 13.6. The highest BCUT2D eigenvalue weighted by Gasteiger charge is 2.36. The summed E-state index contributed by atoms with van der Waals surface area (Å²) in [4.78, 5) is 13.1. The SMILES string of the molecule is Cc1nn(C(C)C(=O)Nc2ccc3c(c2)OCO3)c(C)c1S(=O)(=O)N1CCc2ccccc21. The molecule has 10 heteroatoms. The van der Waals surface area contributed by atoms with Gasteiger partial charge in [-0.05, 0) is 51.0 Å². The van der Waals surface area contributed by atoms with Gasteiger partial charge in [0.2, 0.25) is 12.7 Å². The molecular weight excluding hydrogens is 444 g/mol. The summed E-state index contributed by atoms with van der Waals surface area (Å²) >= 11 is 0. The van der Waals surface area contributed by atoms with Crippen LogP contribution in [0.3, 0.4) is 0 Å². The van der Waals surface area contributed by atoms with E-state index in [9.17, 15) is 13.2 Å². The monoisotopic (exact) mass is 468 g/mol. The number of benzene rings is 2. The van der Waals surface area contributed by atoms with E-state index < -0.39 is 16.1 Å². The average molecular weight is 469 g/mol. The minimum absolute atomic E-state index is 0.141. The summed E-state index contributed by atoms with van der Waals surface area (Å²) in [5.41, 5.74) is 3.03. The Bertz CT molecular complexity index is 1370. The van der Waals surface area contributed by atoms with Crippen LogP contribution >= 0.6 is 0 Å². The first-order valence-corrected chi connectivity index (χ1v) is 12.1. The highest BCUT2D eigenvalue weighted by molar-refractivity contribution is 7.93. The normalized spacial score (nSPS) is 15.4. The smallest absolute Gasteiger partial charge is 0.268 e. The van der Waals surface area contributed by atoms with E-state index in [2.05, 4.69) is 10.4 Å². The van der Waals surface area contributed by atoms with Crippen LogP contribution in [0.15, 0.2) is 47.4 Å². The highest BCUT2D eigenvalue weighted by Crippen LogP contribution is 2.36. The minimum atomic E-state index is -3.83. The molecule has 0 aliphatic carbocycles. The van der Waals surface area contributed by atoms with E-state index >= 15 is 0 Å². The van der Waals surface area contributed by atoms with E-state index in [1.165, 1.54) is 8.99 Å². The number of amides is 1. The maximum Gasteiger partial charge on any atom is 0.268 e. The molecular formula is C23H24N4O5S. The van der Waals surface area contributed by atoms with Crippen molar-refractivity contribution >= 4 is 27.3 Å². The predicted molar refractivity (Wildman–Crippen MR) is 122 cm³/mol. The lowest BCUT2D eigenvalue weighted by Crippen LogP contribution is -2.30. The molecule has 1 amide bonds. The first-order chi connectivity index (χ1) is 15.8. The van der Waals surface area contributed by atoms with Crippen LogP contribution in [0.5, 0.6) is 11.5 Å². The summed E-state index contributed by atoms with van der Waals surface area (Å²) in [7, 11) is -3.83. The Morgan fingerprint density at radius 1 is 1.12 bits per heavy atom. The number of anilines is 2. The molecule has 3 heterocycles. The van der Waals surface area contributed by atoms with E-state index in [-0.39, 0.29) is 17.6 Å². The molecule has 1 N–H and O–H groups in total. The number of sulfonamides is 1. The van der Waals surface area contributed by atoms with Crippen molar-refractivity contribution in [1.82, 2.24) is 9.78 Å². The molecule has 0 saturated heterocycles. The van der Waals surface area contributed by atoms with Crippen LogP contribution in [0.25, 0.3) is 0 Å². The highest BCUT2D eigenvalue weighted by atomic mass is 32.2. The zero-order valence-electron chi connectivity index (χ0n) is 18.5. The number of hydrogen-bond donors (Lipinski definition) is 1. The van der Waals surface area contributed by atoms with Gasteiger partial charge in [-0.25, -0.2) is 8.42 Å². The van der Waals surface area contributed by atoms with Gasteiger partial charge in [-0.1, -0.05) is 18.2 Å². The fourth-order valence-electron chi connectivity index (χ4n) is 4.40. The van der Waals surface area contributed by atoms with E-state index in [1.54, 1.807) is 39.0 Å². The number of aromatic nitrogens is 2. The van der Waals surface area contributed by atoms with Crippen molar-refractivity contribution in [3.8, 4) is 11.5 Å². The largest absolute Gasteiger partial charge is 0.454 e.